The average Bonchev–Trinajstić information content (AvgIpc) is 2.95. The summed E-state index contributed by atoms with van der Waals surface area (Å²) in [5.74, 6) is 0.364. The molecule has 0 unspecified atom stereocenters. The lowest BCUT2D eigenvalue weighted by Gasteiger charge is -2.28. The lowest BCUT2D eigenvalue weighted by Crippen LogP contribution is -2.37. The van der Waals surface area contributed by atoms with E-state index in [2.05, 4.69) is 27.2 Å². The maximum Gasteiger partial charge on any atom is 0.225 e. The van der Waals surface area contributed by atoms with Gasteiger partial charge in [0.15, 0.2) is 11.6 Å². The number of hydrogen-bond acceptors (Lipinski definition) is 7. The second-order valence-electron chi connectivity index (χ2n) is 5.27. The zero-order chi connectivity index (χ0) is 16.2. The van der Waals surface area contributed by atoms with Crippen molar-refractivity contribution >= 4 is 23.1 Å². The summed E-state index contributed by atoms with van der Waals surface area (Å²) in [5.41, 5.74) is 1.09. The summed E-state index contributed by atoms with van der Waals surface area (Å²) in [5, 5.41) is 4.23. The number of nitrogens with zero attached hydrogens (tertiary/aromatic N) is 4. The molecule has 1 N–H and O–H groups in total. The molecule has 0 saturated carbocycles. The second kappa shape index (κ2) is 7.18. The fourth-order valence-electron chi connectivity index (χ4n) is 2.53. The Morgan fingerprint density at radius 3 is 2.87 bits per heavy atom. The number of ether oxygens (including phenoxy) is 1. The van der Waals surface area contributed by atoms with Gasteiger partial charge in [0.2, 0.25) is 5.95 Å². The molecule has 0 aliphatic carbocycles. The van der Waals surface area contributed by atoms with Gasteiger partial charge in [-0.2, -0.15) is 4.98 Å². The molecule has 2 aromatic rings. The molecule has 8 heteroatoms. The molecule has 1 saturated heterocycles. The van der Waals surface area contributed by atoms with E-state index in [9.17, 15) is 4.39 Å². The summed E-state index contributed by atoms with van der Waals surface area (Å²) < 4.78 is 19.3. The molecule has 0 bridgehead atoms. The van der Waals surface area contributed by atoms with E-state index in [1.807, 2.05) is 11.8 Å². The maximum atomic E-state index is 14.0. The molecular formula is C15H20FN5OS. The van der Waals surface area contributed by atoms with Gasteiger partial charge in [0.05, 0.1) is 36.7 Å². The average molecular weight is 337 g/mol. The molecule has 0 spiro atoms. The monoisotopic (exact) mass is 337 g/mol. The van der Waals surface area contributed by atoms with Crippen LogP contribution in [-0.2, 0) is 17.7 Å². The van der Waals surface area contributed by atoms with Gasteiger partial charge < -0.3 is 15.0 Å². The van der Waals surface area contributed by atoms with Crippen LogP contribution in [0.5, 0.6) is 0 Å². The lowest BCUT2D eigenvalue weighted by molar-refractivity contribution is 0.122. The van der Waals surface area contributed by atoms with Gasteiger partial charge in [-0.25, -0.2) is 14.4 Å². The number of aromatic nitrogens is 3. The van der Waals surface area contributed by atoms with Crippen LogP contribution in [0.15, 0.2) is 6.20 Å². The standard InChI is InChI=1S/C15H20FN5OS/c1-3-12-13(23-10(2)19-12)9-18-15-17-8-11(16)14(20-15)21-4-6-22-7-5-21/h8H,3-7,9H2,1-2H3,(H,17,18,20). The predicted octanol–water partition coefficient (Wildman–Crippen LogP) is 2.39. The highest BCUT2D eigenvalue weighted by Crippen LogP contribution is 2.21. The Kier molecular flexibility index (Phi) is 5.02. The number of nitrogens with one attached hydrogen (secondary N) is 1. The number of morpholine rings is 1. The third kappa shape index (κ3) is 3.76. The minimum Gasteiger partial charge on any atom is -0.378 e. The first kappa shape index (κ1) is 16.1. The van der Waals surface area contributed by atoms with Crippen LogP contribution in [0.3, 0.4) is 0 Å². The summed E-state index contributed by atoms with van der Waals surface area (Å²) in [6, 6.07) is 0. The normalized spacial score (nSPS) is 15.0. The van der Waals surface area contributed by atoms with Crippen molar-refractivity contribution in [3.63, 3.8) is 0 Å². The maximum absolute atomic E-state index is 14.0. The molecule has 1 aliphatic heterocycles. The van der Waals surface area contributed by atoms with Crippen LogP contribution in [-0.4, -0.2) is 41.3 Å². The molecule has 23 heavy (non-hydrogen) atoms. The van der Waals surface area contributed by atoms with Crippen LogP contribution in [0.2, 0.25) is 0 Å². The van der Waals surface area contributed by atoms with Gasteiger partial charge >= 0.3 is 0 Å². The summed E-state index contributed by atoms with van der Waals surface area (Å²) >= 11 is 1.66. The first-order chi connectivity index (χ1) is 11.2. The van der Waals surface area contributed by atoms with Crippen molar-refractivity contribution in [3.05, 3.63) is 27.6 Å². The molecule has 0 radical (unpaired) electrons. The van der Waals surface area contributed by atoms with Gasteiger partial charge in [0.25, 0.3) is 0 Å². The Morgan fingerprint density at radius 2 is 2.13 bits per heavy atom. The SMILES string of the molecule is CCc1nc(C)sc1CNc1ncc(F)c(N2CCOCC2)n1. The van der Waals surface area contributed by atoms with E-state index in [1.54, 1.807) is 11.3 Å². The topological polar surface area (TPSA) is 63.2 Å². The van der Waals surface area contributed by atoms with Crippen LogP contribution in [0.4, 0.5) is 16.2 Å². The third-order valence-corrected chi connectivity index (χ3v) is 4.68. The molecule has 3 rings (SSSR count). The Labute approximate surface area is 138 Å². The predicted molar refractivity (Wildman–Crippen MR) is 88.6 cm³/mol. The Morgan fingerprint density at radius 1 is 1.35 bits per heavy atom. The van der Waals surface area contributed by atoms with E-state index >= 15 is 0 Å². The molecule has 124 valence electrons. The number of rotatable bonds is 5. The van der Waals surface area contributed by atoms with Crippen LogP contribution in [0.25, 0.3) is 0 Å². The number of anilines is 2. The van der Waals surface area contributed by atoms with E-state index in [1.165, 1.54) is 11.1 Å². The molecule has 0 atom stereocenters. The highest BCUT2D eigenvalue weighted by molar-refractivity contribution is 7.11. The lowest BCUT2D eigenvalue weighted by atomic mass is 10.3. The van der Waals surface area contributed by atoms with Crippen molar-refractivity contribution in [2.24, 2.45) is 0 Å². The van der Waals surface area contributed by atoms with E-state index in [-0.39, 0.29) is 0 Å². The van der Waals surface area contributed by atoms with Gasteiger partial charge in [0.1, 0.15) is 0 Å². The molecule has 3 heterocycles. The molecule has 0 aromatic carbocycles. The fourth-order valence-corrected chi connectivity index (χ4v) is 3.49. The van der Waals surface area contributed by atoms with E-state index in [0.29, 0.717) is 44.6 Å². The summed E-state index contributed by atoms with van der Waals surface area (Å²) in [6.07, 6.45) is 2.11. The Hall–Kier alpha value is -1.80. The zero-order valence-corrected chi connectivity index (χ0v) is 14.1. The molecule has 1 fully saturated rings. The van der Waals surface area contributed by atoms with Crippen LogP contribution < -0.4 is 10.2 Å². The van der Waals surface area contributed by atoms with Crippen molar-refractivity contribution in [2.45, 2.75) is 26.8 Å². The van der Waals surface area contributed by atoms with Crippen LogP contribution in [0.1, 0.15) is 22.5 Å². The zero-order valence-electron chi connectivity index (χ0n) is 13.3. The van der Waals surface area contributed by atoms with Crippen LogP contribution in [0, 0.1) is 12.7 Å². The molecule has 0 amide bonds. The highest BCUT2D eigenvalue weighted by Gasteiger charge is 2.18. The molecule has 1 aliphatic rings. The molecular weight excluding hydrogens is 317 g/mol. The fraction of sp³-hybridized carbons (Fsp3) is 0.533. The van der Waals surface area contributed by atoms with Gasteiger partial charge in [-0.15, -0.1) is 11.3 Å². The van der Waals surface area contributed by atoms with Gasteiger partial charge in [0, 0.05) is 18.0 Å². The van der Waals surface area contributed by atoms with Crippen LogP contribution >= 0.6 is 11.3 Å². The van der Waals surface area contributed by atoms with E-state index < -0.39 is 5.82 Å². The van der Waals surface area contributed by atoms with Crippen molar-refractivity contribution in [3.8, 4) is 0 Å². The molecule has 2 aromatic heterocycles. The van der Waals surface area contributed by atoms with Crippen molar-refractivity contribution in [2.75, 3.05) is 36.5 Å². The minimum atomic E-state index is -0.402. The van der Waals surface area contributed by atoms with Crippen molar-refractivity contribution in [1.82, 2.24) is 15.0 Å². The van der Waals surface area contributed by atoms with Gasteiger partial charge in [-0.3, -0.25) is 0 Å². The van der Waals surface area contributed by atoms with E-state index in [4.69, 9.17) is 4.74 Å². The summed E-state index contributed by atoms with van der Waals surface area (Å²) in [4.78, 5) is 15.9. The van der Waals surface area contributed by atoms with Crippen molar-refractivity contribution in [1.29, 1.82) is 0 Å². The van der Waals surface area contributed by atoms with Gasteiger partial charge in [-0.05, 0) is 13.3 Å². The Balaban J connectivity index is 1.72. The Bertz CT molecular complexity index is 672. The number of aryl methyl sites for hydroxylation is 2. The minimum absolute atomic E-state index is 0.335. The highest BCUT2D eigenvalue weighted by atomic mass is 32.1. The largest absolute Gasteiger partial charge is 0.378 e. The number of hydrogen-bond donors (Lipinski definition) is 1. The molecule has 6 nitrogen and oxygen atoms in total. The quantitative estimate of drug-likeness (QED) is 0.904. The number of halogens is 1. The number of thiazole rings is 1. The van der Waals surface area contributed by atoms with Crippen molar-refractivity contribution < 1.29 is 9.13 Å². The summed E-state index contributed by atoms with van der Waals surface area (Å²) in [7, 11) is 0. The van der Waals surface area contributed by atoms with E-state index in [0.717, 1.165) is 17.1 Å². The second-order valence-corrected chi connectivity index (χ2v) is 6.56. The summed E-state index contributed by atoms with van der Waals surface area (Å²) in [6.45, 7) is 7.14. The third-order valence-electron chi connectivity index (χ3n) is 3.66. The smallest absolute Gasteiger partial charge is 0.225 e. The first-order valence-corrected chi connectivity index (χ1v) is 8.53. The first-order valence-electron chi connectivity index (χ1n) is 7.71. The van der Waals surface area contributed by atoms with Gasteiger partial charge in [-0.1, -0.05) is 6.92 Å².